The van der Waals surface area contributed by atoms with E-state index in [1.165, 1.54) is 21.9 Å². The largest absolute Gasteiger partial charge is 0.351 e. The Bertz CT molecular complexity index is 1010. The summed E-state index contributed by atoms with van der Waals surface area (Å²) in [7, 11) is 0. The summed E-state index contributed by atoms with van der Waals surface area (Å²) in [4.78, 5) is 26.2. The number of amides is 1. The SMILES string of the molecule is C[C@H]1[C@H](C)CCC[C@H]1NC(=O)Cn1ncn2nc(-c3cccs3)cc2c1=O. The second kappa shape index (κ2) is 7.26. The summed E-state index contributed by atoms with van der Waals surface area (Å²) in [5, 5.41) is 13.6. The first-order valence-electron chi connectivity index (χ1n) is 9.31. The Hall–Kier alpha value is -2.48. The molecule has 3 aromatic rings. The number of carbonyl (C=O) groups excluding carboxylic acids is 1. The van der Waals surface area contributed by atoms with Crippen molar-refractivity contribution in [2.45, 2.75) is 45.7 Å². The lowest BCUT2D eigenvalue weighted by molar-refractivity contribution is -0.123. The molecule has 1 N–H and O–H groups in total. The van der Waals surface area contributed by atoms with Crippen LogP contribution < -0.4 is 10.9 Å². The van der Waals surface area contributed by atoms with Crippen LogP contribution in [0, 0.1) is 11.8 Å². The molecule has 1 fully saturated rings. The summed E-state index contributed by atoms with van der Waals surface area (Å²) < 4.78 is 2.68. The fourth-order valence-corrected chi connectivity index (χ4v) is 4.45. The molecule has 1 aliphatic rings. The molecular formula is C19H23N5O2S. The van der Waals surface area contributed by atoms with Crippen molar-refractivity contribution in [1.29, 1.82) is 0 Å². The summed E-state index contributed by atoms with van der Waals surface area (Å²) >= 11 is 1.56. The number of rotatable bonds is 4. The Morgan fingerprint density at radius 2 is 2.22 bits per heavy atom. The fraction of sp³-hybridized carbons (Fsp3) is 0.474. The van der Waals surface area contributed by atoms with E-state index in [0.717, 1.165) is 23.4 Å². The molecule has 0 aromatic carbocycles. The van der Waals surface area contributed by atoms with Crippen LogP contribution in [0.3, 0.4) is 0 Å². The lowest BCUT2D eigenvalue weighted by atomic mass is 9.78. The molecular weight excluding hydrogens is 362 g/mol. The van der Waals surface area contributed by atoms with Crippen LogP contribution in [-0.4, -0.2) is 31.3 Å². The van der Waals surface area contributed by atoms with Gasteiger partial charge in [-0.3, -0.25) is 9.59 Å². The summed E-state index contributed by atoms with van der Waals surface area (Å²) in [5.41, 5.74) is 0.838. The van der Waals surface area contributed by atoms with Gasteiger partial charge in [0.25, 0.3) is 5.56 Å². The van der Waals surface area contributed by atoms with E-state index >= 15 is 0 Å². The third-order valence-corrected chi connectivity index (χ3v) is 6.50. The first kappa shape index (κ1) is 17.9. The highest BCUT2D eigenvalue weighted by molar-refractivity contribution is 7.13. The van der Waals surface area contributed by atoms with Crippen LogP contribution in [-0.2, 0) is 11.3 Å². The molecule has 3 atom stereocenters. The molecule has 7 nitrogen and oxygen atoms in total. The van der Waals surface area contributed by atoms with Crippen molar-refractivity contribution < 1.29 is 4.79 Å². The van der Waals surface area contributed by atoms with Crippen LogP contribution in [0.5, 0.6) is 0 Å². The number of hydrogen-bond donors (Lipinski definition) is 1. The highest BCUT2D eigenvalue weighted by Crippen LogP contribution is 2.29. The molecule has 4 rings (SSSR count). The van der Waals surface area contributed by atoms with Gasteiger partial charge in [0.15, 0.2) is 0 Å². The number of nitrogens with zero attached hydrogens (tertiary/aromatic N) is 4. The van der Waals surface area contributed by atoms with Crippen LogP contribution in [0.15, 0.2) is 34.7 Å². The van der Waals surface area contributed by atoms with E-state index < -0.39 is 0 Å². The Morgan fingerprint density at radius 1 is 1.37 bits per heavy atom. The molecule has 0 bridgehead atoms. The van der Waals surface area contributed by atoms with E-state index in [1.54, 1.807) is 17.4 Å². The monoisotopic (exact) mass is 385 g/mol. The Kier molecular flexibility index (Phi) is 4.82. The summed E-state index contributed by atoms with van der Waals surface area (Å²) in [6.45, 7) is 4.34. The van der Waals surface area contributed by atoms with Crippen LogP contribution in [0.1, 0.15) is 33.1 Å². The van der Waals surface area contributed by atoms with Gasteiger partial charge >= 0.3 is 0 Å². The van der Waals surface area contributed by atoms with Gasteiger partial charge in [-0.2, -0.15) is 10.2 Å². The predicted octanol–water partition coefficient (Wildman–Crippen LogP) is 2.56. The molecule has 0 radical (unpaired) electrons. The number of thiophene rings is 1. The van der Waals surface area contributed by atoms with Crippen molar-refractivity contribution in [3.8, 4) is 10.6 Å². The van der Waals surface area contributed by atoms with Crippen LogP contribution in [0.2, 0.25) is 0 Å². The standard InChI is InChI=1S/C19H23N5O2S/c1-12-5-3-6-14(13(12)2)21-18(25)10-23-19(26)16-9-15(17-7-4-8-27-17)22-24(16)11-20-23/h4,7-9,11-14H,3,5-6,10H2,1-2H3,(H,21,25)/t12-,13+,14-/m1/s1. The molecule has 3 aromatic heterocycles. The number of hydrogen-bond acceptors (Lipinski definition) is 5. The van der Waals surface area contributed by atoms with Crippen molar-refractivity contribution in [3.63, 3.8) is 0 Å². The molecule has 3 heterocycles. The zero-order valence-corrected chi connectivity index (χ0v) is 16.3. The van der Waals surface area contributed by atoms with Gasteiger partial charge < -0.3 is 5.32 Å². The molecule has 142 valence electrons. The van der Waals surface area contributed by atoms with Crippen molar-refractivity contribution in [2.24, 2.45) is 11.8 Å². The Balaban J connectivity index is 1.52. The maximum absolute atomic E-state index is 12.7. The maximum atomic E-state index is 12.7. The number of fused-ring (bicyclic) bond motifs is 1. The number of carbonyl (C=O) groups is 1. The summed E-state index contributed by atoms with van der Waals surface area (Å²) in [6.07, 6.45) is 4.80. The minimum Gasteiger partial charge on any atom is -0.351 e. The van der Waals surface area contributed by atoms with Gasteiger partial charge in [0, 0.05) is 6.04 Å². The molecule has 0 aliphatic heterocycles. The Morgan fingerprint density at radius 3 is 3.00 bits per heavy atom. The van der Waals surface area contributed by atoms with Gasteiger partial charge in [-0.1, -0.05) is 32.8 Å². The lowest BCUT2D eigenvalue weighted by Gasteiger charge is -2.34. The molecule has 0 unspecified atom stereocenters. The van der Waals surface area contributed by atoms with Gasteiger partial charge in [0.05, 0.1) is 4.88 Å². The van der Waals surface area contributed by atoms with E-state index in [-0.39, 0.29) is 24.1 Å². The number of aromatic nitrogens is 4. The van der Waals surface area contributed by atoms with Crippen LogP contribution in [0.25, 0.3) is 16.1 Å². The van der Waals surface area contributed by atoms with Crippen LogP contribution in [0.4, 0.5) is 0 Å². The molecule has 1 saturated carbocycles. The first-order chi connectivity index (χ1) is 13.0. The average molecular weight is 385 g/mol. The first-order valence-corrected chi connectivity index (χ1v) is 10.2. The molecule has 1 amide bonds. The van der Waals surface area contributed by atoms with Crippen molar-refractivity contribution in [2.75, 3.05) is 0 Å². The molecule has 27 heavy (non-hydrogen) atoms. The third kappa shape index (κ3) is 3.53. The van der Waals surface area contributed by atoms with E-state index in [0.29, 0.717) is 17.4 Å². The van der Waals surface area contributed by atoms with E-state index in [4.69, 9.17) is 0 Å². The highest BCUT2D eigenvalue weighted by Gasteiger charge is 2.28. The molecule has 0 saturated heterocycles. The van der Waals surface area contributed by atoms with Crippen molar-refractivity contribution in [1.82, 2.24) is 24.7 Å². The second-order valence-corrected chi connectivity index (χ2v) is 8.32. The number of nitrogens with one attached hydrogen (secondary N) is 1. The van der Waals surface area contributed by atoms with Crippen molar-refractivity contribution >= 4 is 22.8 Å². The van der Waals surface area contributed by atoms with Gasteiger partial charge in [0.2, 0.25) is 5.91 Å². The van der Waals surface area contributed by atoms with Gasteiger partial charge in [-0.05, 0) is 35.8 Å². The van der Waals surface area contributed by atoms with Crippen LogP contribution >= 0.6 is 11.3 Å². The summed E-state index contributed by atoms with van der Waals surface area (Å²) in [6, 6.07) is 5.81. The van der Waals surface area contributed by atoms with E-state index in [2.05, 4.69) is 29.4 Å². The van der Waals surface area contributed by atoms with Gasteiger partial charge in [0.1, 0.15) is 24.1 Å². The zero-order valence-electron chi connectivity index (χ0n) is 15.5. The molecule has 8 heteroatoms. The normalized spacial score (nSPS) is 22.8. The minimum absolute atomic E-state index is 0.0769. The maximum Gasteiger partial charge on any atom is 0.293 e. The van der Waals surface area contributed by atoms with E-state index in [9.17, 15) is 9.59 Å². The highest BCUT2D eigenvalue weighted by atomic mass is 32.1. The Labute approximate surface area is 161 Å². The topological polar surface area (TPSA) is 81.3 Å². The second-order valence-electron chi connectivity index (χ2n) is 7.37. The average Bonchev–Trinajstić information content (AvgIpc) is 3.31. The smallest absolute Gasteiger partial charge is 0.293 e. The fourth-order valence-electron chi connectivity index (χ4n) is 3.77. The minimum atomic E-state index is -0.312. The lowest BCUT2D eigenvalue weighted by Crippen LogP contribution is -2.45. The summed E-state index contributed by atoms with van der Waals surface area (Å²) in [5.74, 6) is 0.875. The van der Waals surface area contributed by atoms with E-state index in [1.807, 2.05) is 17.5 Å². The quantitative estimate of drug-likeness (QED) is 0.748. The predicted molar refractivity (Wildman–Crippen MR) is 105 cm³/mol. The van der Waals surface area contributed by atoms with Gasteiger partial charge in [-0.15, -0.1) is 11.3 Å². The van der Waals surface area contributed by atoms with Crippen molar-refractivity contribution in [3.05, 3.63) is 40.3 Å². The zero-order chi connectivity index (χ0) is 19.0. The third-order valence-electron chi connectivity index (χ3n) is 5.61. The van der Waals surface area contributed by atoms with Gasteiger partial charge in [-0.25, -0.2) is 9.20 Å². The molecule has 0 spiro atoms. The molecule has 1 aliphatic carbocycles.